The van der Waals surface area contributed by atoms with Gasteiger partial charge in [-0.05, 0) is 69.1 Å². The van der Waals surface area contributed by atoms with Gasteiger partial charge in [-0.25, -0.2) is 0 Å². The van der Waals surface area contributed by atoms with Crippen LogP contribution in [0.5, 0.6) is 0 Å². The molecule has 0 amide bonds. The van der Waals surface area contributed by atoms with E-state index < -0.39 is 17.4 Å². The average molecular weight is 336 g/mol. The lowest BCUT2D eigenvalue weighted by Crippen LogP contribution is -2.52. The molecule has 0 aromatic rings. The van der Waals surface area contributed by atoms with Crippen LogP contribution in [0.2, 0.25) is 0 Å². The van der Waals surface area contributed by atoms with E-state index in [1.54, 1.807) is 0 Å². The molecule has 0 saturated heterocycles. The number of fused-ring (bicyclic) bond motifs is 1. The summed E-state index contributed by atoms with van der Waals surface area (Å²) in [6, 6.07) is 0. The molecule has 4 heteroatoms. The molecule has 2 rings (SSSR count). The molecule has 0 bridgehead atoms. The molecule has 0 spiro atoms. The van der Waals surface area contributed by atoms with Gasteiger partial charge in [0.05, 0.1) is 5.41 Å². The predicted octanol–water partition coefficient (Wildman–Crippen LogP) is 4.74. The number of carbonyl (C=O) groups is 2. The summed E-state index contributed by atoms with van der Waals surface area (Å²) in [5.74, 6) is -0.706. The minimum absolute atomic E-state index is 0.00711. The van der Waals surface area contributed by atoms with Gasteiger partial charge >= 0.3 is 11.9 Å². The van der Waals surface area contributed by atoms with E-state index in [-0.39, 0.29) is 23.7 Å². The fraction of sp³-hybridized carbons (Fsp3) is 0.800. The van der Waals surface area contributed by atoms with E-state index in [0.29, 0.717) is 5.92 Å². The molecule has 2 aliphatic carbocycles. The van der Waals surface area contributed by atoms with E-state index in [1.165, 1.54) is 5.57 Å². The summed E-state index contributed by atoms with van der Waals surface area (Å²) in [5, 5.41) is 18.8. The standard InChI is InChI=1S/C20H32O4/c1-13(12-17(21)22)6-8-15-14(2)7-9-16-19(15,3)10-5-11-20(16,4)18(23)24/h7,13,15-16H,5-6,8-12H2,1-4H3,(H,21,22)(H,23,24). The molecule has 0 aliphatic heterocycles. The van der Waals surface area contributed by atoms with Gasteiger partial charge < -0.3 is 10.2 Å². The molecule has 0 radical (unpaired) electrons. The Hall–Kier alpha value is -1.32. The normalized spacial score (nSPS) is 37.2. The van der Waals surface area contributed by atoms with Crippen molar-refractivity contribution in [3.05, 3.63) is 11.6 Å². The number of carboxylic acids is 2. The molecule has 1 saturated carbocycles. The third-order valence-electron chi connectivity index (χ3n) is 6.96. The summed E-state index contributed by atoms with van der Waals surface area (Å²) < 4.78 is 0. The second-order valence-electron chi connectivity index (χ2n) is 8.65. The summed E-state index contributed by atoms with van der Waals surface area (Å²) >= 11 is 0. The van der Waals surface area contributed by atoms with Crippen LogP contribution in [-0.4, -0.2) is 22.2 Å². The lowest BCUT2D eigenvalue weighted by atomic mass is 9.47. The van der Waals surface area contributed by atoms with Crippen molar-refractivity contribution in [3.63, 3.8) is 0 Å². The van der Waals surface area contributed by atoms with Gasteiger partial charge in [0.15, 0.2) is 0 Å². The Kier molecular flexibility index (Phi) is 5.46. The summed E-state index contributed by atoms with van der Waals surface area (Å²) in [6.45, 7) is 8.37. The van der Waals surface area contributed by atoms with Crippen molar-refractivity contribution in [1.82, 2.24) is 0 Å². The van der Waals surface area contributed by atoms with E-state index >= 15 is 0 Å². The van der Waals surface area contributed by atoms with E-state index in [4.69, 9.17) is 5.11 Å². The zero-order valence-corrected chi connectivity index (χ0v) is 15.5. The van der Waals surface area contributed by atoms with E-state index in [0.717, 1.165) is 38.5 Å². The Labute approximate surface area is 145 Å². The SMILES string of the molecule is CC1=CCC2C(C)(C(=O)O)CCCC2(C)C1CCC(C)CC(=O)O. The average Bonchev–Trinajstić information content (AvgIpc) is 2.45. The van der Waals surface area contributed by atoms with Crippen molar-refractivity contribution >= 4 is 11.9 Å². The Balaban J connectivity index is 2.21. The van der Waals surface area contributed by atoms with E-state index in [2.05, 4.69) is 19.9 Å². The van der Waals surface area contributed by atoms with Crippen LogP contribution in [-0.2, 0) is 9.59 Å². The highest BCUT2D eigenvalue weighted by Gasteiger charge is 2.56. The van der Waals surface area contributed by atoms with Crippen LogP contribution in [0.25, 0.3) is 0 Å². The maximum absolute atomic E-state index is 12.0. The number of allylic oxidation sites excluding steroid dienone is 2. The molecular weight excluding hydrogens is 304 g/mol. The highest BCUT2D eigenvalue weighted by molar-refractivity contribution is 5.75. The van der Waals surface area contributed by atoms with Crippen LogP contribution in [0.3, 0.4) is 0 Å². The quantitative estimate of drug-likeness (QED) is 0.687. The third kappa shape index (κ3) is 3.38. The number of aliphatic carboxylic acids is 2. The number of rotatable bonds is 6. The lowest BCUT2D eigenvalue weighted by Gasteiger charge is -2.56. The number of carboxylic acid groups (broad SMARTS) is 2. The minimum Gasteiger partial charge on any atom is -0.481 e. The predicted molar refractivity (Wildman–Crippen MR) is 93.7 cm³/mol. The van der Waals surface area contributed by atoms with Gasteiger partial charge in [0.1, 0.15) is 0 Å². The van der Waals surface area contributed by atoms with E-state index in [1.807, 2.05) is 13.8 Å². The molecule has 5 unspecified atom stereocenters. The summed E-state index contributed by atoms with van der Waals surface area (Å²) in [4.78, 5) is 22.9. The maximum atomic E-state index is 12.0. The summed E-state index contributed by atoms with van der Waals surface area (Å²) in [6.07, 6.45) is 7.94. The van der Waals surface area contributed by atoms with Crippen LogP contribution >= 0.6 is 0 Å². The largest absolute Gasteiger partial charge is 0.481 e. The van der Waals surface area contributed by atoms with Crippen molar-refractivity contribution in [2.45, 2.75) is 72.6 Å². The zero-order chi connectivity index (χ0) is 18.1. The second-order valence-corrected chi connectivity index (χ2v) is 8.65. The van der Waals surface area contributed by atoms with Crippen LogP contribution in [0.15, 0.2) is 11.6 Å². The van der Waals surface area contributed by atoms with Gasteiger partial charge in [-0.3, -0.25) is 9.59 Å². The van der Waals surface area contributed by atoms with Gasteiger partial charge in [0.2, 0.25) is 0 Å². The van der Waals surface area contributed by atoms with E-state index in [9.17, 15) is 14.7 Å². The molecule has 1 fully saturated rings. The fourth-order valence-corrected chi connectivity index (χ4v) is 5.49. The summed E-state index contributed by atoms with van der Waals surface area (Å²) in [7, 11) is 0. The number of hydrogen-bond acceptors (Lipinski definition) is 2. The van der Waals surface area contributed by atoms with Gasteiger partial charge in [-0.1, -0.05) is 31.9 Å². The monoisotopic (exact) mass is 336 g/mol. The first kappa shape index (κ1) is 19.0. The molecule has 5 atom stereocenters. The molecule has 2 aliphatic rings. The van der Waals surface area contributed by atoms with Crippen LogP contribution in [0.4, 0.5) is 0 Å². The van der Waals surface area contributed by atoms with Crippen molar-refractivity contribution in [1.29, 1.82) is 0 Å². The zero-order valence-electron chi connectivity index (χ0n) is 15.5. The van der Waals surface area contributed by atoms with Crippen molar-refractivity contribution < 1.29 is 19.8 Å². The van der Waals surface area contributed by atoms with Gasteiger partial charge in [-0.15, -0.1) is 0 Å². The van der Waals surface area contributed by atoms with Crippen molar-refractivity contribution in [2.75, 3.05) is 0 Å². The third-order valence-corrected chi connectivity index (χ3v) is 6.96. The molecule has 136 valence electrons. The Morgan fingerprint density at radius 1 is 1.29 bits per heavy atom. The van der Waals surface area contributed by atoms with Crippen molar-refractivity contribution in [3.8, 4) is 0 Å². The second kappa shape index (κ2) is 6.89. The van der Waals surface area contributed by atoms with Crippen molar-refractivity contribution in [2.24, 2.45) is 28.6 Å². The molecular formula is C20H32O4. The fourth-order valence-electron chi connectivity index (χ4n) is 5.49. The first-order chi connectivity index (χ1) is 11.1. The topological polar surface area (TPSA) is 74.6 Å². The molecule has 4 nitrogen and oxygen atoms in total. The molecule has 0 aromatic heterocycles. The first-order valence-corrected chi connectivity index (χ1v) is 9.23. The van der Waals surface area contributed by atoms with Gasteiger partial charge in [0, 0.05) is 6.42 Å². The Morgan fingerprint density at radius 2 is 1.96 bits per heavy atom. The maximum Gasteiger partial charge on any atom is 0.309 e. The molecule has 24 heavy (non-hydrogen) atoms. The van der Waals surface area contributed by atoms with Gasteiger partial charge in [-0.2, -0.15) is 0 Å². The first-order valence-electron chi connectivity index (χ1n) is 9.23. The highest BCUT2D eigenvalue weighted by Crippen LogP contribution is 2.60. The molecule has 0 aromatic carbocycles. The smallest absolute Gasteiger partial charge is 0.309 e. The lowest BCUT2D eigenvalue weighted by molar-refractivity contribution is -0.162. The van der Waals surface area contributed by atoms with Gasteiger partial charge in [0.25, 0.3) is 0 Å². The molecule has 2 N–H and O–H groups in total. The highest BCUT2D eigenvalue weighted by atomic mass is 16.4. The van der Waals surface area contributed by atoms with Crippen LogP contribution in [0.1, 0.15) is 72.6 Å². The van der Waals surface area contributed by atoms with Crippen LogP contribution < -0.4 is 0 Å². The number of hydrogen-bond donors (Lipinski definition) is 2. The minimum atomic E-state index is -0.737. The van der Waals surface area contributed by atoms with Crippen LogP contribution in [0, 0.1) is 28.6 Å². The Bertz CT molecular complexity index is 538. The Morgan fingerprint density at radius 3 is 2.54 bits per heavy atom. The summed E-state index contributed by atoms with van der Waals surface area (Å²) in [5.41, 5.74) is 0.730. The molecule has 0 heterocycles.